The molecule has 42 heavy (non-hydrogen) atoms. The minimum absolute atomic E-state index is 0. The first-order valence-electron chi connectivity index (χ1n) is 13.9. The van der Waals surface area contributed by atoms with Gasteiger partial charge in [0.2, 0.25) is 0 Å². The van der Waals surface area contributed by atoms with Crippen molar-refractivity contribution in [2.24, 2.45) is 10.8 Å². The molecule has 0 saturated heterocycles. The second-order valence-corrected chi connectivity index (χ2v) is 12.5. The average Bonchev–Trinajstić information content (AvgIpc) is 3.48. The third-order valence-corrected chi connectivity index (χ3v) is 7.16. The Morgan fingerprint density at radius 2 is 0.857 bits per heavy atom. The molecule has 0 fully saturated rings. The van der Waals surface area contributed by atoms with Crippen LogP contribution in [0.3, 0.4) is 0 Å². The van der Waals surface area contributed by atoms with Crippen molar-refractivity contribution >= 4 is 55.0 Å². The van der Waals surface area contributed by atoms with Crippen LogP contribution in [-0.2, 0) is 37.7 Å². The minimum Gasteiger partial charge on any atom is -0.481 e. The van der Waals surface area contributed by atoms with E-state index in [1.807, 2.05) is 0 Å². The van der Waals surface area contributed by atoms with Gasteiger partial charge in [0.25, 0.3) is 0 Å². The van der Waals surface area contributed by atoms with Crippen molar-refractivity contribution in [3.63, 3.8) is 0 Å². The Morgan fingerprint density at radius 3 is 1.19 bits per heavy atom. The van der Waals surface area contributed by atoms with E-state index < -0.39 is 22.8 Å². The van der Waals surface area contributed by atoms with Crippen molar-refractivity contribution in [2.75, 3.05) is 0 Å². The van der Waals surface area contributed by atoms with E-state index in [0.29, 0.717) is 0 Å². The number of hydrogen-bond donors (Lipinski definition) is 2. The van der Waals surface area contributed by atoms with Gasteiger partial charge in [-0.1, -0.05) is 79.2 Å². The van der Waals surface area contributed by atoms with Gasteiger partial charge < -0.3 is 10.2 Å². The molecule has 0 bridgehead atoms. The summed E-state index contributed by atoms with van der Waals surface area (Å²) in [5.74, 6) is -1.51. The number of aliphatic carboxylic acids is 2. The maximum atomic E-state index is 10.0. The second-order valence-electron chi connectivity index (χ2n) is 12.5. The number of benzene rings is 4. The molecule has 0 aliphatic rings. The van der Waals surface area contributed by atoms with Crippen molar-refractivity contribution < 1.29 is 41.5 Å². The van der Waals surface area contributed by atoms with E-state index in [1.54, 1.807) is 41.5 Å². The van der Waals surface area contributed by atoms with Gasteiger partial charge >= 0.3 is 33.7 Å². The van der Waals surface area contributed by atoms with Crippen LogP contribution >= 0.6 is 0 Å². The molecule has 0 radical (unpaired) electrons. The molecule has 2 N–H and O–H groups in total. The summed E-state index contributed by atoms with van der Waals surface area (Å²) >= 11 is 0. The molecule has 0 saturated carbocycles. The summed E-state index contributed by atoms with van der Waals surface area (Å²) in [6, 6.07) is 35.5. The number of carbonyl (C=O) groups is 2. The molecular formula is C37H38O4Ti. The average molecular weight is 595 g/mol. The standard InChI is InChI=1S/C27H18.2C5H10O2.Ti/c1-3-11-22-20(7-1)16-26-18(9-5-13-24(22)26)15-19-10-6-14-25-23-12-4-2-8-21(23)17-27(19)25;2*1-5(2,3)4(6)7;/h1-14,16-17H,15H2;2*1-3H3,(H,6,7);/q-2;;;+2. The molecule has 0 aliphatic heterocycles. The van der Waals surface area contributed by atoms with E-state index in [1.165, 1.54) is 54.2 Å². The molecule has 0 aromatic heterocycles. The zero-order valence-corrected chi connectivity index (χ0v) is 26.7. The molecule has 6 aromatic rings. The second kappa shape index (κ2) is 13.1. The smallest absolute Gasteiger partial charge is 0.481 e. The molecule has 0 amide bonds. The van der Waals surface area contributed by atoms with Gasteiger partial charge in [0.05, 0.1) is 10.8 Å². The van der Waals surface area contributed by atoms with Crippen LogP contribution in [0.25, 0.3) is 43.1 Å². The molecule has 5 heteroatoms. The van der Waals surface area contributed by atoms with E-state index in [4.69, 9.17) is 10.2 Å². The minimum atomic E-state index is -0.757. The Balaban J connectivity index is 0.000000272. The van der Waals surface area contributed by atoms with Gasteiger partial charge in [-0.2, -0.15) is 0 Å². The zero-order valence-electron chi connectivity index (χ0n) is 25.2. The maximum absolute atomic E-state index is 10.0. The van der Waals surface area contributed by atoms with Gasteiger partial charge in [0.15, 0.2) is 0 Å². The Kier molecular flexibility index (Phi) is 10.2. The normalized spacial score (nSPS) is 11.4. The topological polar surface area (TPSA) is 74.6 Å². The summed E-state index contributed by atoms with van der Waals surface area (Å²) in [7, 11) is 0. The molecule has 0 aliphatic carbocycles. The first kappa shape index (κ1) is 32.8. The van der Waals surface area contributed by atoms with Gasteiger partial charge in [-0.15, -0.1) is 78.5 Å². The molecule has 0 spiro atoms. The van der Waals surface area contributed by atoms with Crippen molar-refractivity contribution in [3.05, 3.63) is 108 Å². The number of hydrogen-bond acceptors (Lipinski definition) is 2. The Hall–Kier alpha value is -3.73. The largest absolute Gasteiger partial charge is 2.00 e. The van der Waals surface area contributed by atoms with E-state index in [2.05, 4.69) is 97.1 Å². The Bertz CT molecular complexity index is 1710. The molecular weight excluding hydrogens is 556 g/mol. The van der Waals surface area contributed by atoms with Crippen molar-refractivity contribution in [3.8, 4) is 0 Å². The molecule has 6 rings (SSSR count). The van der Waals surface area contributed by atoms with E-state index in [0.717, 1.165) is 6.42 Å². The van der Waals surface area contributed by atoms with Gasteiger partial charge in [0.1, 0.15) is 0 Å². The van der Waals surface area contributed by atoms with Crippen molar-refractivity contribution in [1.29, 1.82) is 0 Å². The molecule has 4 nitrogen and oxygen atoms in total. The van der Waals surface area contributed by atoms with Crippen LogP contribution in [0.15, 0.2) is 97.1 Å². The van der Waals surface area contributed by atoms with E-state index in [9.17, 15) is 9.59 Å². The van der Waals surface area contributed by atoms with Crippen molar-refractivity contribution in [1.82, 2.24) is 0 Å². The monoisotopic (exact) mass is 594 g/mol. The van der Waals surface area contributed by atoms with Crippen LogP contribution in [0, 0.1) is 10.8 Å². The fraction of sp³-hybridized carbons (Fsp3) is 0.243. The van der Waals surface area contributed by atoms with Crippen molar-refractivity contribution in [2.45, 2.75) is 48.0 Å². The fourth-order valence-electron chi connectivity index (χ4n) is 4.60. The van der Waals surface area contributed by atoms with Crippen LogP contribution in [-0.4, -0.2) is 22.2 Å². The van der Waals surface area contributed by atoms with Crippen LogP contribution in [0.1, 0.15) is 52.7 Å². The quantitative estimate of drug-likeness (QED) is 0.155. The van der Waals surface area contributed by atoms with Gasteiger partial charge in [-0.05, 0) is 41.5 Å². The van der Waals surface area contributed by atoms with Gasteiger partial charge in [-0.3, -0.25) is 9.59 Å². The summed E-state index contributed by atoms with van der Waals surface area (Å²) in [6.45, 7) is 9.97. The molecule has 214 valence electrons. The molecule has 6 aromatic carbocycles. The predicted molar refractivity (Wildman–Crippen MR) is 171 cm³/mol. The third kappa shape index (κ3) is 7.37. The number of carboxylic acids is 2. The van der Waals surface area contributed by atoms with Crippen LogP contribution in [0.2, 0.25) is 0 Å². The van der Waals surface area contributed by atoms with Crippen LogP contribution < -0.4 is 0 Å². The predicted octanol–water partition coefficient (Wildman–Crippen LogP) is 9.56. The number of rotatable bonds is 2. The summed E-state index contributed by atoms with van der Waals surface area (Å²) in [5, 5.41) is 27.4. The Morgan fingerprint density at radius 1 is 0.548 bits per heavy atom. The Labute approximate surface area is 262 Å². The number of fused-ring (bicyclic) bond motifs is 6. The third-order valence-electron chi connectivity index (χ3n) is 7.16. The summed E-state index contributed by atoms with van der Waals surface area (Å²) < 4.78 is 0. The fourth-order valence-corrected chi connectivity index (χ4v) is 4.60. The first-order chi connectivity index (χ1) is 19.3. The number of carboxylic acid groups (broad SMARTS) is 2. The maximum Gasteiger partial charge on any atom is 2.00 e. The van der Waals surface area contributed by atoms with Crippen LogP contribution in [0.4, 0.5) is 0 Å². The van der Waals surface area contributed by atoms with E-state index in [-0.39, 0.29) is 21.7 Å². The van der Waals surface area contributed by atoms with Gasteiger partial charge in [-0.25, -0.2) is 0 Å². The summed E-state index contributed by atoms with van der Waals surface area (Å²) in [6.07, 6.45) is 0.960. The van der Waals surface area contributed by atoms with Crippen LogP contribution in [0.5, 0.6) is 0 Å². The summed E-state index contributed by atoms with van der Waals surface area (Å²) in [5.41, 5.74) is 1.64. The summed E-state index contributed by atoms with van der Waals surface area (Å²) in [4.78, 5) is 20.0. The zero-order chi connectivity index (χ0) is 29.9. The molecule has 0 unspecified atom stereocenters. The molecule has 0 atom stereocenters. The van der Waals surface area contributed by atoms with Gasteiger partial charge in [0, 0.05) is 0 Å². The SMILES string of the molecule is CC(C)(C)C(=O)O.CC(C)(C)C(=O)O.[Ti+2].c1ccc2c(c1)[cH-]c1c(Cc3cccc4c3[cH-]c3ccccc34)cccc12. The first-order valence-corrected chi connectivity index (χ1v) is 13.9. The van der Waals surface area contributed by atoms with E-state index >= 15 is 0 Å². The molecule has 0 heterocycles.